The van der Waals surface area contributed by atoms with Crippen LogP contribution in [0.1, 0.15) is 22.8 Å². The van der Waals surface area contributed by atoms with Crippen LogP contribution in [-0.4, -0.2) is 27.0 Å². The van der Waals surface area contributed by atoms with Gasteiger partial charge in [-0.1, -0.05) is 0 Å². The Labute approximate surface area is 143 Å². The number of benzene rings is 1. The first-order valence-corrected chi connectivity index (χ1v) is 8.04. The number of amides is 1. The summed E-state index contributed by atoms with van der Waals surface area (Å²) >= 11 is 0. The molecule has 0 radical (unpaired) electrons. The first kappa shape index (κ1) is 16.6. The Morgan fingerprint density at radius 1 is 1.20 bits per heavy atom. The molecule has 7 nitrogen and oxygen atoms in total. The summed E-state index contributed by atoms with van der Waals surface area (Å²) in [7, 11) is 0. The molecule has 0 spiro atoms. The summed E-state index contributed by atoms with van der Waals surface area (Å²) in [5.41, 5.74) is 1.01. The minimum Gasteiger partial charge on any atom is -0.352 e. The number of aromatic nitrogens is 3. The van der Waals surface area contributed by atoms with E-state index < -0.39 is 5.69 Å². The van der Waals surface area contributed by atoms with E-state index in [1.807, 2.05) is 12.1 Å². The normalized spacial score (nSPS) is 10.8. The summed E-state index contributed by atoms with van der Waals surface area (Å²) in [5, 5.41) is 3.21. The molecule has 1 amide bonds. The fourth-order valence-electron chi connectivity index (χ4n) is 2.65. The van der Waals surface area contributed by atoms with Gasteiger partial charge in [-0.2, -0.15) is 0 Å². The largest absolute Gasteiger partial charge is 0.352 e. The number of carbonyl (C=O) groups is 1. The molecule has 0 aliphatic carbocycles. The Morgan fingerprint density at radius 2 is 1.96 bits per heavy atom. The summed E-state index contributed by atoms with van der Waals surface area (Å²) < 4.78 is 1.12. The van der Waals surface area contributed by atoms with Crippen molar-refractivity contribution < 1.29 is 4.79 Å². The van der Waals surface area contributed by atoms with Gasteiger partial charge in [-0.3, -0.25) is 19.1 Å². The highest BCUT2D eigenvalue weighted by atomic mass is 16.2. The molecular formula is C18H18N4O3. The highest BCUT2D eigenvalue weighted by molar-refractivity contribution is 5.97. The molecule has 25 heavy (non-hydrogen) atoms. The van der Waals surface area contributed by atoms with Crippen LogP contribution in [0.2, 0.25) is 0 Å². The lowest BCUT2D eigenvalue weighted by Crippen LogP contribution is -2.34. The summed E-state index contributed by atoms with van der Waals surface area (Å²) in [5.74, 6) is -0.253. The van der Waals surface area contributed by atoms with Gasteiger partial charge < -0.3 is 10.3 Å². The van der Waals surface area contributed by atoms with E-state index >= 15 is 0 Å². The van der Waals surface area contributed by atoms with Crippen LogP contribution >= 0.6 is 0 Å². The number of hydrogen-bond donors (Lipinski definition) is 2. The third-order valence-electron chi connectivity index (χ3n) is 4.01. The molecule has 0 fully saturated rings. The number of nitrogens with zero attached hydrogens (tertiary/aromatic N) is 2. The molecule has 3 aromatic rings. The van der Waals surface area contributed by atoms with Gasteiger partial charge in [-0.15, -0.1) is 0 Å². The van der Waals surface area contributed by atoms with Crippen molar-refractivity contribution in [3.05, 3.63) is 74.7 Å². The van der Waals surface area contributed by atoms with Crippen LogP contribution in [-0.2, 0) is 13.0 Å². The van der Waals surface area contributed by atoms with Gasteiger partial charge in [-0.05, 0) is 49.2 Å². The molecule has 0 aliphatic heterocycles. The smallest absolute Gasteiger partial charge is 0.328 e. The average Bonchev–Trinajstić information content (AvgIpc) is 2.62. The van der Waals surface area contributed by atoms with Crippen LogP contribution in [0.4, 0.5) is 0 Å². The SMILES string of the molecule is CCn1c(=O)[nH]c2cc(C(=O)NCCc3ccncc3)ccc2c1=O. The zero-order chi connectivity index (χ0) is 17.8. The van der Waals surface area contributed by atoms with Crippen molar-refractivity contribution in [2.75, 3.05) is 6.54 Å². The van der Waals surface area contributed by atoms with Crippen molar-refractivity contribution in [1.29, 1.82) is 0 Å². The summed E-state index contributed by atoms with van der Waals surface area (Å²) in [4.78, 5) is 43.0. The summed E-state index contributed by atoms with van der Waals surface area (Å²) in [6.07, 6.45) is 4.11. The van der Waals surface area contributed by atoms with Gasteiger partial charge in [0.15, 0.2) is 0 Å². The molecular weight excluding hydrogens is 320 g/mol. The monoisotopic (exact) mass is 338 g/mol. The fraction of sp³-hybridized carbons (Fsp3) is 0.222. The Morgan fingerprint density at radius 3 is 2.68 bits per heavy atom. The second-order valence-electron chi connectivity index (χ2n) is 5.60. The van der Waals surface area contributed by atoms with Crippen molar-refractivity contribution >= 4 is 16.8 Å². The maximum Gasteiger partial charge on any atom is 0.328 e. The van der Waals surface area contributed by atoms with Crippen LogP contribution in [0.15, 0.2) is 52.3 Å². The predicted molar refractivity (Wildman–Crippen MR) is 94.8 cm³/mol. The van der Waals surface area contributed by atoms with Crippen LogP contribution in [0.3, 0.4) is 0 Å². The van der Waals surface area contributed by atoms with Crippen LogP contribution in [0.5, 0.6) is 0 Å². The molecule has 0 bridgehead atoms. The molecule has 0 unspecified atom stereocenters. The highest BCUT2D eigenvalue weighted by Crippen LogP contribution is 2.09. The molecule has 2 N–H and O–H groups in total. The fourth-order valence-corrected chi connectivity index (χ4v) is 2.65. The Balaban J connectivity index is 1.78. The molecule has 128 valence electrons. The van der Waals surface area contributed by atoms with Crippen molar-refractivity contribution in [3.8, 4) is 0 Å². The van der Waals surface area contributed by atoms with E-state index in [1.165, 1.54) is 6.07 Å². The maximum absolute atomic E-state index is 12.3. The third kappa shape index (κ3) is 3.50. The van der Waals surface area contributed by atoms with Gasteiger partial charge in [-0.25, -0.2) is 4.79 Å². The lowest BCUT2D eigenvalue weighted by molar-refractivity contribution is 0.0954. The molecule has 0 aliphatic rings. The van der Waals surface area contributed by atoms with E-state index in [9.17, 15) is 14.4 Å². The number of pyridine rings is 1. The standard InChI is InChI=1S/C18H18N4O3/c1-2-22-17(24)14-4-3-13(11-15(14)21-18(22)25)16(23)20-10-7-12-5-8-19-9-6-12/h3-6,8-9,11H,2,7,10H2,1H3,(H,20,23)(H,21,25). The van der Waals surface area contributed by atoms with Gasteiger partial charge in [0.25, 0.3) is 11.5 Å². The van der Waals surface area contributed by atoms with E-state index in [2.05, 4.69) is 15.3 Å². The number of aromatic amines is 1. The van der Waals surface area contributed by atoms with Crippen LogP contribution in [0, 0.1) is 0 Å². The summed E-state index contributed by atoms with van der Waals surface area (Å²) in [6, 6.07) is 8.47. The van der Waals surface area contributed by atoms with Crippen molar-refractivity contribution in [2.24, 2.45) is 0 Å². The first-order chi connectivity index (χ1) is 12.1. The zero-order valence-electron chi connectivity index (χ0n) is 13.8. The van der Waals surface area contributed by atoms with Crippen LogP contribution in [0.25, 0.3) is 10.9 Å². The van der Waals surface area contributed by atoms with Gasteiger partial charge in [0.1, 0.15) is 0 Å². The van der Waals surface area contributed by atoms with Gasteiger partial charge in [0.05, 0.1) is 10.9 Å². The van der Waals surface area contributed by atoms with Gasteiger partial charge >= 0.3 is 5.69 Å². The lowest BCUT2D eigenvalue weighted by atomic mass is 10.1. The van der Waals surface area contributed by atoms with Crippen molar-refractivity contribution in [2.45, 2.75) is 19.9 Å². The molecule has 0 saturated carbocycles. The van der Waals surface area contributed by atoms with E-state index in [1.54, 1.807) is 31.5 Å². The minimum absolute atomic E-state index is 0.253. The molecule has 0 saturated heterocycles. The van der Waals surface area contributed by atoms with E-state index in [-0.39, 0.29) is 11.5 Å². The predicted octanol–water partition coefficient (Wildman–Crippen LogP) is 1.08. The average molecular weight is 338 g/mol. The van der Waals surface area contributed by atoms with E-state index in [0.29, 0.717) is 36.0 Å². The third-order valence-corrected chi connectivity index (χ3v) is 4.01. The Hall–Kier alpha value is -3.22. The van der Waals surface area contributed by atoms with E-state index in [0.717, 1.165) is 10.1 Å². The maximum atomic E-state index is 12.3. The van der Waals surface area contributed by atoms with Gasteiger partial charge in [0.2, 0.25) is 0 Å². The zero-order valence-corrected chi connectivity index (χ0v) is 13.8. The second-order valence-corrected chi connectivity index (χ2v) is 5.60. The number of carbonyl (C=O) groups excluding carboxylic acids is 1. The molecule has 0 atom stereocenters. The van der Waals surface area contributed by atoms with Crippen molar-refractivity contribution in [1.82, 2.24) is 19.9 Å². The topological polar surface area (TPSA) is 96.8 Å². The number of fused-ring (bicyclic) bond motifs is 1. The number of hydrogen-bond acceptors (Lipinski definition) is 4. The second kappa shape index (κ2) is 7.12. The summed E-state index contributed by atoms with van der Waals surface area (Å²) in [6.45, 7) is 2.50. The number of nitrogens with one attached hydrogen (secondary N) is 2. The molecule has 2 heterocycles. The Bertz CT molecular complexity index is 1020. The molecule has 2 aromatic heterocycles. The molecule has 7 heteroatoms. The molecule has 1 aromatic carbocycles. The molecule has 3 rings (SSSR count). The minimum atomic E-state index is -0.477. The highest BCUT2D eigenvalue weighted by Gasteiger charge is 2.10. The number of H-pyrrole nitrogens is 1. The number of rotatable bonds is 5. The van der Waals surface area contributed by atoms with Crippen LogP contribution < -0.4 is 16.6 Å². The lowest BCUT2D eigenvalue weighted by Gasteiger charge is -2.07. The van der Waals surface area contributed by atoms with Crippen molar-refractivity contribution in [3.63, 3.8) is 0 Å². The van der Waals surface area contributed by atoms with E-state index in [4.69, 9.17) is 0 Å². The van der Waals surface area contributed by atoms with Gasteiger partial charge in [0, 0.05) is 31.0 Å². The first-order valence-electron chi connectivity index (χ1n) is 8.04. The Kier molecular flexibility index (Phi) is 4.74. The quantitative estimate of drug-likeness (QED) is 0.727.